The maximum absolute atomic E-state index is 11.6. The van der Waals surface area contributed by atoms with Crippen molar-refractivity contribution >= 4 is 16.9 Å². The van der Waals surface area contributed by atoms with Crippen molar-refractivity contribution in [1.82, 2.24) is 4.57 Å². The highest BCUT2D eigenvalue weighted by atomic mass is 16.4. The molecule has 3 aliphatic carbocycles. The molecule has 5 rings (SSSR count). The van der Waals surface area contributed by atoms with Crippen molar-refractivity contribution in [3.63, 3.8) is 0 Å². The van der Waals surface area contributed by atoms with Crippen LogP contribution < -0.4 is 5.73 Å². The summed E-state index contributed by atoms with van der Waals surface area (Å²) >= 11 is 0. The zero-order chi connectivity index (χ0) is 15.0. The number of carboxylic acid groups (broad SMARTS) is 1. The van der Waals surface area contributed by atoms with Crippen LogP contribution in [0, 0.1) is 12.3 Å². The van der Waals surface area contributed by atoms with Gasteiger partial charge < -0.3 is 15.4 Å². The fourth-order valence-electron chi connectivity index (χ4n) is 4.83. The predicted molar refractivity (Wildman–Crippen MR) is 81.5 cm³/mol. The highest BCUT2D eigenvalue weighted by Gasteiger charge is 2.68. The molecule has 0 saturated heterocycles. The maximum Gasteiger partial charge on any atom is 0.338 e. The number of para-hydroxylation sites is 1. The number of hydrogen-bond donors (Lipinski definition) is 2. The quantitative estimate of drug-likeness (QED) is 0.910. The van der Waals surface area contributed by atoms with Gasteiger partial charge in [-0.05, 0) is 44.6 Å². The molecule has 2 bridgehead atoms. The van der Waals surface area contributed by atoms with Crippen molar-refractivity contribution in [2.24, 2.45) is 11.1 Å². The second-order valence-corrected chi connectivity index (χ2v) is 7.08. The first-order chi connectivity index (χ1) is 9.87. The Morgan fingerprint density at radius 2 is 1.95 bits per heavy atom. The van der Waals surface area contributed by atoms with Gasteiger partial charge in [0.05, 0.1) is 5.56 Å². The Bertz CT molecular complexity index is 755. The van der Waals surface area contributed by atoms with Crippen LogP contribution in [0.4, 0.5) is 0 Å². The van der Waals surface area contributed by atoms with E-state index in [2.05, 4.69) is 11.5 Å². The number of fused-ring (bicyclic) bond motifs is 1. The molecule has 3 aliphatic rings. The molecule has 3 saturated carbocycles. The van der Waals surface area contributed by atoms with Gasteiger partial charge in [-0.2, -0.15) is 0 Å². The number of rotatable bonds is 3. The molecule has 1 aromatic carbocycles. The number of hydrogen-bond acceptors (Lipinski definition) is 2. The fraction of sp³-hybridized carbons (Fsp3) is 0.471. The minimum absolute atomic E-state index is 0.0702. The van der Waals surface area contributed by atoms with Gasteiger partial charge >= 0.3 is 5.97 Å². The van der Waals surface area contributed by atoms with E-state index >= 15 is 0 Å². The summed E-state index contributed by atoms with van der Waals surface area (Å²) in [5.41, 5.74) is 8.85. The van der Waals surface area contributed by atoms with Crippen LogP contribution in [0.5, 0.6) is 0 Å². The molecule has 0 radical (unpaired) electrons. The van der Waals surface area contributed by atoms with Gasteiger partial charge in [0, 0.05) is 28.2 Å². The third-order valence-corrected chi connectivity index (χ3v) is 5.76. The summed E-state index contributed by atoms with van der Waals surface area (Å²) in [5, 5.41) is 10.4. The first-order valence-electron chi connectivity index (χ1n) is 7.49. The Hall–Kier alpha value is -1.81. The lowest BCUT2D eigenvalue weighted by Crippen LogP contribution is -2.74. The van der Waals surface area contributed by atoms with Crippen LogP contribution in [0.1, 0.15) is 48.3 Å². The van der Waals surface area contributed by atoms with Crippen LogP contribution in [0.25, 0.3) is 10.9 Å². The summed E-state index contributed by atoms with van der Waals surface area (Å²) in [7, 11) is 0. The standard InChI is InChI=1S/C17H20N2O2/c1-10-14(15(20)21)12-5-3-4-6-13(12)19(10)11(2)16-7-17(18,8-16)9-16/h3-6,11H,7-9,18H2,1-2H3,(H,20,21)/t11-,16?,17?/m1/s1. The Morgan fingerprint density at radius 3 is 2.52 bits per heavy atom. The highest BCUT2D eigenvalue weighted by molar-refractivity contribution is 6.05. The Balaban J connectivity index is 1.89. The van der Waals surface area contributed by atoms with E-state index in [1.54, 1.807) is 0 Å². The molecule has 3 fully saturated rings. The van der Waals surface area contributed by atoms with Gasteiger partial charge in [-0.25, -0.2) is 4.79 Å². The summed E-state index contributed by atoms with van der Waals surface area (Å²) in [6.07, 6.45) is 3.19. The largest absolute Gasteiger partial charge is 0.478 e. The lowest BCUT2D eigenvalue weighted by Gasteiger charge is -2.71. The van der Waals surface area contributed by atoms with Crippen molar-refractivity contribution in [1.29, 1.82) is 0 Å². The van der Waals surface area contributed by atoms with Crippen molar-refractivity contribution < 1.29 is 9.90 Å². The number of carboxylic acids is 1. The molecule has 0 aliphatic heterocycles. The molecule has 1 atom stereocenters. The van der Waals surface area contributed by atoms with Gasteiger partial charge in [0.25, 0.3) is 0 Å². The molecule has 1 heterocycles. The number of carbonyl (C=O) groups is 1. The molecule has 3 N–H and O–H groups in total. The van der Waals surface area contributed by atoms with Crippen LogP contribution in [0.3, 0.4) is 0 Å². The third-order valence-electron chi connectivity index (χ3n) is 5.76. The zero-order valence-corrected chi connectivity index (χ0v) is 12.4. The fourth-order valence-corrected chi connectivity index (χ4v) is 4.83. The lowest BCUT2D eigenvalue weighted by molar-refractivity contribution is -0.161. The lowest BCUT2D eigenvalue weighted by atomic mass is 9.37. The minimum atomic E-state index is -0.845. The van der Waals surface area contributed by atoms with Gasteiger partial charge in [-0.3, -0.25) is 0 Å². The molecule has 4 nitrogen and oxygen atoms in total. The molecular formula is C17H20N2O2. The van der Waals surface area contributed by atoms with E-state index in [1.165, 1.54) is 0 Å². The summed E-state index contributed by atoms with van der Waals surface area (Å²) in [6, 6.07) is 8.10. The topological polar surface area (TPSA) is 68.2 Å². The van der Waals surface area contributed by atoms with E-state index in [0.717, 1.165) is 35.9 Å². The van der Waals surface area contributed by atoms with Gasteiger partial charge in [-0.1, -0.05) is 18.2 Å². The van der Waals surface area contributed by atoms with Crippen LogP contribution in [0.2, 0.25) is 0 Å². The van der Waals surface area contributed by atoms with Crippen molar-refractivity contribution in [2.45, 2.75) is 44.7 Å². The minimum Gasteiger partial charge on any atom is -0.478 e. The molecule has 110 valence electrons. The molecule has 4 heteroatoms. The average molecular weight is 284 g/mol. The maximum atomic E-state index is 11.6. The van der Waals surface area contributed by atoms with E-state index in [1.807, 2.05) is 31.2 Å². The monoisotopic (exact) mass is 284 g/mol. The van der Waals surface area contributed by atoms with Crippen LogP contribution in [0.15, 0.2) is 24.3 Å². The first-order valence-corrected chi connectivity index (χ1v) is 7.49. The van der Waals surface area contributed by atoms with E-state index < -0.39 is 5.97 Å². The molecule has 1 aromatic heterocycles. The van der Waals surface area contributed by atoms with Crippen LogP contribution in [-0.4, -0.2) is 21.2 Å². The normalized spacial score (nSPS) is 31.6. The number of aromatic nitrogens is 1. The second kappa shape index (κ2) is 3.69. The Kier molecular flexibility index (Phi) is 2.26. The number of nitrogens with two attached hydrogens (primary N) is 1. The highest BCUT2D eigenvalue weighted by Crippen LogP contribution is 2.70. The number of benzene rings is 1. The zero-order valence-electron chi connectivity index (χ0n) is 12.4. The SMILES string of the molecule is Cc1c(C(=O)O)c2ccccc2n1[C@H](C)C12CC(N)(C1)C2. The van der Waals surface area contributed by atoms with Crippen molar-refractivity contribution in [2.75, 3.05) is 0 Å². The predicted octanol–water partition coefficient (Wildman–Crippen LogP) is 3.09. The third kappa shape index (κ3) is 1.46. The van der Waals surface area contributed by atoms with E-state index in [4.69, 9.17) is 5.73 Å². The van der Waals surface area contributed by atoms with E-state index in [0.29, 0.717) is 11.6 Å². The smallest absolute Gasteiger partial charge is 0.338 e. The van der Waals surface area contributed by atoms with Crippen molar-refractivity contribution in [3.8, 4) is 0 Å². The van der Waals surface area contributed by atoms with E-state index in [9.17, 15) is 9.90 Å². The van der Waals surface area contributed by atoms with Gasteiger partial charge in [0.1, 0.15) is 0 Å². The van der Waals surface area contributed by atoms with E-state index in [-0.39, 0.29) is 11.0 Å². The summed E-state index contributed by atoms with van der Waals surface area (Å²) in [4.78, 5) is 11.6. The van der Waals surface area contributed by atoms with Gasteiger partial charge in [0.2, 0.25) is 0 Å². The van der Waals surface area contributed by atoms with Gasteiger partial charge in [0.15, 0.2) is 0 Å². The molecule has 21 heavy (non-hydrogen) atoms. The summed E-state index contributed by atoms with van der Waals surface area (Å²) < 4.78 is 2.22. The van der Waals surface area contributed by atoms with Crippen LogP contribution in [-0.2, 0) is 0 Å². The second-order valence-electron chi connectivity index (χ2n) is 7.08. The summed E-state index contributed by atoms with van der Waals surface area (Å²) in [5.74, 6) is -0.845. The Morgan fingerprint density at radius 1 is 1.33 bits per heavy atom. The summed E-state index contributed by atoms with van der Waals surface area (Å²) in [6.45, 7) is 4.13. The first kappa shape index (κ1) is 12.9. The number of nitrogens with zero attached hydrogens (tertiary/aromatic N) is 1. The molecule has 0 spiro atoms. The Labute approximate surface area is 123 Å². The van der Waals surface area contributed by atoms with Crippen molar-refractivity contribution in [3.05, 3.63) is 35.5 Å². The van der Waals surface area contributed by atoms with Gasteiger partial charge in [-0.15, -0.1) is 0 Å². The van der Waals surface area contributed by atoms with Crippen LogP contribution >= 0.6 is 0 Å². The molecule has 2 aromatic rings. The molecule has 0 unspecified atom stereocenters. The molecular weight excluding hydrogens is 264 g/mol. The number of aromatic carboxylic acids is 1. The molecule has 0 amide bonds. The average Bonchev–Trinajstić information content (AvgIpc) is 2.65.